The summed E-state index contributed by atoms with van der Waals surface area (Å²) < 4.78 is 37.9. The normalized spacial score (nSPS) is 12.9. The van der Waals surface area contributed by atoms with E-state index in [0.717, 1.165) is 56.3 Å². The zero-order valence-corrected chi connectivity index (χ0v) is 18.5. The minimum Gasteiger partial charge on any atom is -0.493 e. The van der Waals surface area contributed by atoms with Crippen molar-refractivity contribution in [1.82, 2.24) is 4.98 Å². The van der Waals surface area contributed by atoms with Gasteiger partial charge in [0.1, 0.15) is 5.75 Å². The van der Waals surface area contributed by atoms with Crippen LogP contribution in [0.1, 0.15) is 35.6 Å². The van der Waals surface area contributed by atoms with Gasteiger partial charge in [-0.1, -0.05) is 18.2 Å². The average molecular weight is 447 g/mol. The quantitative estimate of drug-likeness (QED) is 0.335. The van der Waals surface area contributed by atoms with Gasteiger partial charge in [-0.05, 0) is 71.1 Å². The summed E-state index contributed by atoms with van der Waals surface area (Å²) in [5.41, 5.74) is 5.22. The smallest absolute Gasteiger partial charge is 0.310 e. The van der Waals surface area contributed by atoms with Gasteiger partial charge in [-0.2, -0.15) is 0 Å². The topological polar surface area (TPSA) is 48.4 Å². The number of nitrogens with zero attached hydrogens (tertiary/aromatic N) is 1. The highest BCUT2D eigenvalue weighted by Gasteiger charge is 2.23. The van der Waals surface area contributed by atoms with Gasteiger partial charge in [0.05, 0.1) is 25.2 Å². The van der Waals surface area contributed by atoms with Crippen molar-refractivity contribution in [3.8, 4) is 16.9 Å². The molecule has 0 bridgehead atoms. The molecule has 1 aromatic heterocycles. The van der Waals surface area contributed by atoms with Gasteiger partial charge >= 0.3 is 5.97 Å². The Morgan fingerprint density at radius 3 is 2.82 bits per heavy atom. The molecular formula is C27H23F2NO3. The van der Waals surface area contributed by atoms with Crippen molar-refractivity contribution < 1.29 is 23.0 Å². The second-order valence-corrected chi connectivity index (χ2v) is 8.21. The molecule has 6 heteroatoms. The number of halogens is 2. The summed E-state index contributed by atoms with van der Waals surface area (Å²) in [4.78, 5) is 17.2. The van der Waals surface area contributed by atoms with Crippen LogP contribution in [0.5, 0.6) is 5.75 Å². The molecule has 0 aliphatic carbocycles. The number of carbonyl (C=O) groups excluding carboxylic acids is 1. The summed E-state index contributed by atoms with van der Waals surface area (Å²) in [6.07, 6.45) is 0.101. The van der Waals surface area contributed by atoms with Crippen molar-refractivity contribution in [2.45, 2.75) is 33.1 Å². The Morgan fingerprint density at radius 1 is 1.18 bits per heavy atom. The summed E-state index contributed by atoms with van der Waals surface area (Å²) in [6, 6.07) is 12.4. The van der Waals surface area contributed by atoms with Gasteiger partial charge in [0, 0.05) is 29.1 Å². The van der Waals surface area contributed by atoms with Crippen LogP contribution < -0.4 is 4.74 Å². The van der Waals surface area contributed by atoms with E-state index in [1.54, 1.807) is 19.2 Å². The molecule has 2 heterocycles. The highest BCUT2D eigenvalue weighted by molar-refractivity contribution is 6.08. The average Bonchev–Trinajstić information content (AvgIpc) is 2.80. The van der Waals surface area contributed by atoms with Crippen LogP contribution in [0.15, 0.2) is 48.7 Å². The predicted octanol–water partition coefficient (Wildman–Crippen LogP) is 6.34. The third kappa shape index (κ3) is 3.69. The molecule has 0 saturated carbocycles. The van der Waals surface area contributed by atoms with Crippen molar-refractivity contribution in [3.63, 3.8) is 0 Å². The van der Waals surface area contributed by atoms with Crippen molar-refractivity contribution in [3.05, 3.63) is 70.9 Å². The number of pyridine rings is 1. The summed E-state index contributed by atoms with van der Waals surface area (Å²) >= 11 is 0. The molecule has 3 aromatic carbocycles. The number of rotatable bonds is 5. The molecule has 4 aromatic rings. The number of aryl methyl sites for hydroxylation is 1. The first-order chi connectivity index (χ1) is 16.0. The van der Waals surface area contributed by atoms with Crippen LogP contribution >= 0.6 is 0 Å². The van der Waals surface area contributed by atoms with Crippen molar-refractivity contribution in [1.29, 1.82) is 0 Å². The number of aromatic nitrogens is 1. The predicted molar refractivity (Wildman–Crippen MR) is 124 cm³/mol. The molecule has 33 heavy (non-hydrogen) atoms. The lowest BCUT2D eigenvalue weighted by Gasteiger charge is -2.22. The number of hydrogen-bond acceptors (Lipinski definition) is 4. The number of fused-ring (bicyclic) bond motifs is 1. The molecule has 1 aliphatic heterocycles. The molecule has 0 atom stereocenters. The Kier molecular flexibility index (Phi) is 5.44. The van der Waals surface area contributed by atoms with Crippen LogP contribution in [0.2, 0.25) is 0 Å². The van der Waals surface area contributed by atoms with Gasteiger partial charge in [0.2, 0.25) is 0 Å². The highest BCUT2D eigenvalue weighted by atomic mass is 19.3. The third-order valence-corrected chi connectivity index (χ3v) is 6.21. The fraction of sp³-hybridized carbons (Fsp3) is 0.259. The number of hydrogen-bond donors (Lipinski definition) is 0. The number of benzene rings is 3. The molecule has 4 nitrogen and oxygen atoms in total. The third-order valence-electron chi connectivity index (χ3n) is 6.21. The summed E-state index contributed by atoms with van der Waals surface area (Å²) in [6.45, 7) is 4.57. The highest BCUT2D eigenvalue weighted by Crippen LogP contribution is 2.42. The van der Waals surface area contributed by atoms with Crippen LogP contribution in [-0.4, -0.2) is 24.2 Å². The zero-order chi connectivity index (χ0) is 23.1. The molecule has 5 rings (SSSR count). The van der Waals surface area contributed by atoms with Gasteiger partial charge in [-0.25, -0.2) is 8.78 Å². The molecule has 0 saturated heterocycles. The van der Waals surface area contributed by atoms with Crippen molar-refractivity contribution in [2.75, 3.05) is 13.2 Å². The SMILES string of the molecule is CCOC(=O)Cc1c(C)cc2cc(C(F)F)ccc2c1-c1ccc2c3c(ccnc13)CCO2. The van der Waals surface area contributed by atoms with E-state index in [1.165, 1.54) is 12.1 Å². The molecule has 0 amide bonds. The molecular weight excluding hydrogens is 424 g/mol. The van der Waals surface area contributed by atoms with Gasteiger partial charge in [-0.15, -0.1) is 0 Å². The largest absolute Gasteiger partial charge is 0.493 e. The van der Waals surface area contributed by atoms with Gasteiger partial charge in [-0.3, -0.25) is 9.78 Å². The number of esters is 1. The Morgan fingerprint density at radius 2 is 2.03 bits per heavy atom. The molecule has 0 spiro atoms. The van der Waals surface area contributed by atoms with Gasteiger partial charge in [0.15, 0.2) is 0 Å². The number of ether oxygens (including phenoxy) is 2. The summed E-state index contributed by atoms with van der Waals surface area (Å²) in [7, 11) is 0. The minimum atomic E-state index is -2.56. The molecule has 0 N–H and O–H groups in total. The fourth-order valence-corrected chi connectivity index (χ4v) is 4.74. The van der Waals surface area contributed by atoms with Crippen molar-refractivity contribution in [2.24, 2.45) is 0 Å². The summed E-state index contributed by atoms with van der Waals surface area (Å²) in [5.74, 6) is 0.455. The molecule has 0 radical (unpaired) electrons. The van der Waals surface area contributed by atoms with Crippen LogP contribution in [-0.2, 0) is 22.4 Å². The Bertz CT molecular complexity index is 1390. The lowest BCUT2D eigenvalue weighted by Crippen LogP contribution is -2.11. The Hall–Kier alpha value is -3.54. The van der Waals surface area contributed by atoms with Gasteiger partial charge < -0.3 is 9.47 Å². The Balaban J connectivity index is 1.84. The standard InChI is InChI=1S/C27H23F2NO3/c1-3-32-23(31)14-21-15(2)12-18-13-17(27(28)29)4-5-19(18)25(21)20-6-7-22-24-16(9-11-33-22)8-10-30-26(20)24/h4-8,10,12-13,27H,3,9,11,14H2,1-2H3. The minimum absolute atomic E-state index is 0.0330. The van der Waals surface area contributed by atoms with E-state index in [9.17, 15) is 13.6 Å². The number of alkyl halides is 2. The van der Waals surface area contributed by atoms with Crippen LogP contribution in [0.4, 0.5) is 8.78 Å². The van der Waals surface area contributed by atoms with Crippen LogP contribution in [0, 0.1) is 6.92 Å². The fourth-order valence-electron chi connectivity index (χ4n) is 4.74. The van der Waals surface area contributed by atoms with E-state index < -0.39 is 6.43 Å². The van der Waals surface area contributed by atoms with E-state index in [4.69, 9.17) is 9.47 Å². The number of carbonyl (C=O) groups is 1. The first-order valence-corrected chi connectivity index (χ1v) is 11.0. The summed E-state index contributed by atoms with van der Waals surface area (Å²) in [5, 5.41) is 2.45. The Labute approximate surface area is 190 Å². The molecule has 1 aliphatic rings. The lowest BCUT2D eigenvalue weighted by molar-refractivity contribution is -0.142. The van der Waals surface area contributed by atoms with E-state index in [0.29, 0.717) is 18.6 Å². The lowest BCUT2D eigenvalue weighted by atomic mass is 9.86. The van der Waals surface area contributed by atoms with E-state index in [1.807, 2.05) is 31.2 Å². The van der Waals surface area contributed by atoms with E-state index in [-0.39, 0.29) is 18.0 Å². The van der Waals surface area contributed by atoms with Crippen LogP contribution in [0.25, 0.3) is 32.8 Å². The first-order valence-electron chi connectivity index (χ1n) is 11.0. The zero-order valence-electron chi connectivity index (χ0n) is 18.5. The second-order valence-electron chi connectivity index (χ2n) is 8.21. The maximum absolute atomic E-state index is 13.4. The monoisotopic (exact) mass is 447 g/mol. The maximum Gasteiger partial charge on any atom is 0.310 e. The molecule has 168 valence electrons. The van der Waals surface area contributed by atoms with Crippen LogP contribution in [0.3, 0.4) is 0 Å². The van der Waals surface area contributed by atoms with E-state index >= 15 is 0 Å². The van der Waals surface area contributed by atoms with Crippen molar-refractivity contribution >= 4 is 27.6 Å². The molecule has 0 unspecified atom stereocenters. The maximum atomic E-state index is 13.4. The van der Waals surface area contributed by atoms with Gasteiger partial charge in [0.25, 0.3) is 6.43 Å². The first kappa shape index (κ1) is 21.3. The second kappa shape index (κ2) is 8.43. The molecule has 0 fully saturated rings. The van der Waals surface area contributed by atoms with E-state index in [2.05, 4.69) is 4.98 Å².